The van der Waals surface area contributed by atoms with Gasteiger partial charge < -0.3 is 15.2 Å². The predicted octanol–water partition coefficient (Wildman–Crippen LogP) is 1.91. The number of benzene rings is 1. The number of anilines is 2. The summed E-state index contributed by atoms with van der Waals surface area (Å²) in [6.07, 6.45) is 2.15. The van der Waals surface area contributed by atoms with Crippen molar-refractivity contribution in [2.75, 3.05) is 17.2 Å². The second-order valence-electron chi connectivity index (χ2n) is 4.60. The highest BCUT2D eigenvalue weighted by Gasteiger charge is 2.20. The van der Waals surface area contributed by atoms with Gasteiger partial charge in [-0.3, -0.25) is 0 Å². The molecule has 0 saturated heterocycles. The summed E-state index contributed by atoms with van der Waals surface area (Å²) in [7, 11) is 0. The zero-order valence-electron chi connectivity index (χ0n) is 10.4. The molecule has 5 heteroatoms. The Hall–Kier alpha value is -2.04. The lowest BCUT2D eigenvalue weighted by Gasteiger charge is -2.30. The van der Waals surface area contributed by atoms with Crippen LogP contribution < -0.4 is 10.6 Å². The van der Waals surface area contributed by atoms with Crippen LogP contribution in [0.15, 0.2) is 22.7 Å². The number of aromatic nitrogens is 2. The molecule has 2 aromatic rings. The molecule has 1 aliphatic rings. The summed E-state index contributed by atoms with van der Waals surface area (Å²) in [4.78, 5) is 6.51. The van der Waals surface area contributed by atoms with Crippen LogP contribution in [0.4, 0.5) is 11.4 Å². The first-order valence-electron chi connectivity index (χ1n) is 6.15. The van der Waals surface area contributed by atoms with Crippen LogP contribution >= 0.6 is 0 Å². The van der Waals surface area contributed by atoms with Crippen molar-refractivity contribution in [3.8, 4) is 0 Å². The maximum absolute atomic E-state index is 6.02. The molecule has 0 unspecified atom stereocenters. The van der Waals surface area contributed by atoms with Crippen molar-refractivity contribution < 1.29 is 4.52 Å². The van der Waals surface area contributed by atoms with Crippen molar-refractivity contribution in [2.24, 2.45) is 0 Å². The molecule has 2 heterocycles. The molecule has 18 heavy (non-hydrogen) atoms. The molecule has 0 radical (unpaired) electrons. The maximum atomic E-state index is 6.02. The Morgan fingerprint density at radius 3 is 3.11 bits per heavy atom. The third-order valence-electron chi connectivity index (χ3n) is 3.28. The molecule has 5 nitrogen and oxygen atoms in total. The van der Waals surface area contributed by atoms with Crippen LogP contribution in [0.3, 0.4) is 0 Å². The van der Waals surface area contributed by atoms with Gasteiger partial charge in [-0.1, -0.05) is 11.2 Å². The maximum Gasteiger partial charge on any atom is 0.223 e. The number of fused-ring (bicyclic) bond motifs is 1. The average molecular weight is 244 g/mol. The lowest BCUT2D eigenvalue weighted by Crippen LogP contribution is -2.29. The predicted molar refractivity (Wildman–Crippen MR) is 69.3 cm³/mol. The van der Waals surface area contributed by atoms with Gasteiger partial charge in [-0.05, 0) is 30.5 Å². The highest BCUT2D eigenvalue weighted by atomic mass is 16.5. The molecule has 0 atom stereocenters. The van der Waals surface area contributed by atoms with Crippen LogP contribution in [0.25, 0.3) is 0 Å². The Balaban J connectivity index is 1.89. The highest BCUT2D eigenvalue weighted by molar-refractivity contribution is 5.66. The SMILES string of the molecule is Cc1nc(CN2CCCc3c(N)cccc32)no1. The monoisotopic (exact) mass is 244 g/mol. The number of hydrogen-bond acceptors (Lipinski definition) is 5. The quantitative estimate of drug-likeness (QED) is 0.817. The summed E-state index contributed by atoms with van der Waals surface area (Å²) >= 11 is 0. The van der Waals surface area contributed by atoms with Gasteiger partial charge >= 0.3 is 0 Å². The first-order valence-corrected chi connectivity index (χ1v) is 6.15. The molecule has 1 aromatic carbocycles. The summed E-state index contributed by atoms with van der Waals surface area (Å²) in [6, 6.07) is 6.06. The lowest BCUT2D eigenvalue weighted by molar-refractivity contribution is 0.386. The Morgan fingerprint density at radius 2 is 2.33 bits per heavy atom. The van der Waals surface area contributed by atoms with Gasteiger partial charge in [0.05, 0.1) is 6.54 Å². The van der Waals surface area contributed by atoms with E-state index in [-0.39, 0.29) is 0 Å². The number of hydrogen-bond donors (Lipinski definition) is 1. The van der Waals surface area contributed by atoms with Crippen LogP contribution in [0.1, 0.15) is 23.7 Å². The number of nitrogens with zero attached hydrogens (tertiary/aromatic N) is 3. The second kappa shape index (κ2) is 4.33. The Kier molecular flexibility index (Phi) is 2.66. The van der Waals surface area contributed by atoms with Gasteiger partial charge in [0.2, 0.25) is 5.89 Å². The minimum atomic E-state index is 0.606. The standard InChI is InChI=1S/C13H16N4O/c1-9-15-13(16-18-9)8-17-7-3-4-10-11(14)5-2-6-12(10)17/h2,5-6H,3-4,7-8,14H2,1H3. The van der Waals surface area contributed by atoms with Gasteiger partial charge in [0, 0.05) is 24.8 Å². The second-order valence-corrected chi connectivity index (χ2v) is 4.60. The fraction of sp³-hybridized carbons (Fsp3) is 0.385. The van der Waals surface area contributed by atoms with Crippen LogP contribution in [0.2, 0.25) is 0 Å². The number of rotatable bonds is 2. The topological polar surface area (TPSA) is 68.2 Å². The molecule has 0 bridgehead atoms. The van der Waals surface area contributed by atoms with Gasteiger partial charge in [0.1, 0.15) is 0 Å². The summed E-state index contributed by atoms with van der Waals surface area (Å²) in [5.41, 5.74) is 9.34. The first kappa shape index (κ1) is 11.1. The van der Waals surface area contributed by atoms with Gasteiger partial charge in [0.15, 0.2) is 5.82 Å². The van der Waals surface area contributed by atoms with Gasteiger partial charge in [-0.15, -0.1) is 0 Å². The third kappa shape index (κ3) is 1.92. The molecular formula is C13H16N4O. The van der Waals surface area contributed by atoms with Gasteiger partial charge in [-0.25, -0.2) is 0 Å². The van der Waals surface area contributed by atoms with Crippen molar-refractivity contribution in [1.29, 1.82) is 0 Å². The molecule has 0 amide bonds. The van der Waals surface area contributed by atoms with E-state index < -0.39 is 0 Å². The Labute approximate surface area is 106 Å². The smallest absolute Gasteiger partial charge is 0.223 e. The fourth-order valence-electron chi connectivity index (χ4n) is 2.47. The van der Waals surface area contributed by atoms with Crippen molar-refractivity contribution >= 4 is 11.4 Å². The van der Waals surface area contributed by atoms with Crippen molar-refractivity contribution in [1.82, 2.24) is 10.1 Å². The van der Waals surface area contributed by atoms with E-state index in [0.29, 0.717) is 12.4 Å². The molecule has 0 aliphatic carbocycles. The molecule has 0 spiro atoms. The van der Waals surface area contributed by atoms with Crippen LogP contribution in [0.5, 0.6) is 0 Å². The summed E-state index contributed by atoms with van der Waals surface area (Å²) < 4.78 is 5.01. The fourth-order valence-corrected chi connectivity index (χ4v) is 2.47. The number of nitrogens with two attached hydrogens (primary N) is 1. The van der Waals surface area contributed by atoms with Crippen LogP contribution in [0, 0.1) is 6.92 Å². The third-order valence-corrected chi connectivity index (χ3v) is 3.28. The van der Waals surface area contributed by atoms with Crippen molar-refractivity contribution in [2.45, 2.75) is 26.3 Å². The van der Waals surface area contributed by atoms with Crippen molar-refractivity contribution in [3.05, 3.63) is 35.5 Å². The Morgan fingerprint density at radius 1 is 1.44 bits per heavy atom. The van der Waals surface area contributed by atoms with Gasteiger partial charge in [0.25, 0.3) is 0 Å². The van der Waals surface area contributed by atoms with E-state index in [2.05, 4.69) is 21.1 Å². The Bertz CT molecular complexity index is 564. The van der Waals surface area contributed by atoms with E-state index in [0.717, 1.165) is 30.9 Å². The first-order chi connectivity index (χ1) is 8.74. The molecule has 94 valence electrons. The molecule has 2 N–H and O–H groups in total. The van der Waals surface area contributed by atoms with E-state index in [1.165, 1.54) is 11.3 Å². The summed E-state index contributed by atoms with van der Waals surface area (Å²) in [6.45, 7) is 3.48. The number of nitrogen functional groups attached to an aromatic ring is 1. The minimum Gasteiger partial charge on any atom is -0.398 e. The number of aryl methyl sites for hydroxylation is 1. The van der Waals surface area contributed by atoms with Crippen LogP contribution in [-0.2, 0) is 13.0 Å². The molecule has 1 aliphatic heterocycles. The largest absolute Gasteiger partial charge is 0.398 e. The minimum absolute atomic E-state index is 0.606. The van der Waals surface area contributed by atoms with E-state index >= 15 is 0 Å². The molecule has 3 rings (SSSR count). The van der Waals surface area contributed by atoms with E-state index in [1.807, 2.05) is 12.1 Å². The zero-order valence-corrected chi connectivity index (χ0v) is 10.4. The van der Waals surface area contributed by atoms with Crippen LogP contribution in [-0.4, -0.2) is 16.7 Å². The summed E-state index contributed by atoms with van der Waals surface area (Å²) in [5, 5.41) is 3.95. The molecular weight excluding hydrogens is 228 g/mol. The van der Waals surface area contributed by atoms with E-state index in [1.54, 1.807) is 6.92 Å². The van der Waals surface area contributed by atoms with E-state index in [9.17, 15) is 0 Å². The zero-order chi connectivity index (χ0) is 12.5. The van der Waals surface area contributed by atoms with Crippen molar-refractivity contribution in [3.63, 3.8) is 0 Å². The summed E-state index contributed by atoms with van der Waals surface area (Å²) in [5.74, 6) is 1.33. The highest BCUT2D eigenvalue weighted by Crippen LogP contribution is 2.31. The van der Waals surface area contributed by atoms with Gasteiger partial charge in [-0.2, -0.15) is 4.98 Å². The molecule has 0 saturated carbocycles. The van der Waals surface area contributed by atoms with E-state index in [4.69, 9.17) is 10.3 Å². The average Bonchev–Trinajstić information content (AvgIpc) is 2.76. The normalized spacial score (nSPS) is 14.6. The lowest BCUT2D eigenvalue weighted by atomic mass is 10.00. The molecule has 0 fully saturated rings. The molecule has 1 aromatic heterocycles.